The van der Waals surface area contributed by atoms with E-state index in [1.807, 2.05) is 52.9 Å². The number of anilines is 1. The number of benzene rings is 2. The summed E-state index contributed by atoms with van der Waals surface area (Å²) in [4.78, 5) is 22.1. The van der Waals surface area contributed by atoms with Crippen LogP contribution in [0.5, 0.6) is 5.88 Å². The first kappa shape index (κ1) is 27.8. The Morgan fingerprint density at radius 3 is 2.43 bits per heavy atom. The van der Waals surface area contributed by atoms with Crippen LogP contribution in [-0.2, 0) is 10.0 Å². The van der Waals surface area contributed by atoms with E-state index in [9.17, 15) is 13.2 Å². The molecule has 0 radical (unpaired) electrons. The molecule has 37 heavy (non-hydrogen) atoms. The van der Waals surface area contributed by atoms with Gasteiger partial charge in [0.1, 0.15) is 12.4 Å². The van der Waals surface area contributed by atoms with Gasteiger partial charge in [0.2, 0.25) is 11.8 Å². The zero-order chi connectivity index (χ0) is 27.2. The maximum Gasteiger partial charge on any atom is 0.264 e. The monoisotopic (exact) mass is 523 g/mol. The van der Waals surface area contributed by atoms with Crippen LogP contribution in [0, 0.1) is 13.8 Å². The van der Waals surface area contributed by atoms with Gasteiger partial charge in [-0.05, 0) is 69.4 Å². The van der Waals surface area contributed by atoms with E-state index in [1.54, 1.807) is 6.07 Å². The first-order valence-electron chi connectivity index (χ1n) is 11.8. The minimum Gasteiger partial charge on any atom is -0.468 e. The number of hydrogen-bond donors (Lipinski definition) is 2. The first-order chi connectivity index (χ1) is 17.6. The van der Waals surface area contributed by atoms with Crippen molar-refractivity contribution in [3.05, 3.63) is 77.0 Å². The lowest BCUT2D eigenvalue weighted by molar-refractivity contribution is 0.112. The molecule has 1 atom stereocenters. The second kappa shape index (κ2) is 12.0. The van der Waals surface area contributed by atoms with Crippen LogP contribution in [0.4, 0.5) is 5.95 Å². The Morgan fingerprint density at radius 2 is 1.81 bits per heavy atom. The summed E-state index contributed by atoms with van der Waals surface area (Å²) in [5.41, 5.74) is 10.1. The Morgan fingerprint density at radius 1 is 1.14 bits per heavy atom. The van der Waals surface area contributed by atoms with Gasteiger partial charge in [0.15, 0.2) is 0 Å². The van der Waals surface area contributed by atoms with Crippen molar-refractivity contribution >= 4 is 22.3 Å². The number of ether oxygens (including phenoxy) is 1. The molecule has 0 fully saturated rings. The average molecular weight is 524 g/mol. The molecule has 0 saturated heterocycles. The van der Waals surface area contributed by atoms with Crippen LogP contribution in [0.2, 0.25) is 0 Å². The van der Waals surface area contributed by atoms with Crippen LogP contribution < -0.4 is 15.2 Å². The van der Waals surface area contributed by atoms with Gasteiger partial charge in [0.25, 0.3) is 10.0 Å². The fourth-order valence-electron chi connectivity index (χ4n) is 3.75. The maximum atomic E-state index is 13.1. The predicted octanol–water partition coefficient (Wildman–Crippen LogP) is 3.94. The molecule has 3 rings (SSSR count). The third kappa shape index (κ3) is 6.93. The minimum absolute atomic E-state index is 0.0787. The Hall–Kier alpha value is -3.76. The second-order valence-electron chi connectivity index (χ2n) is 8.85. The number of carbonyl (C=O) groups excluding carboxylic acids is 1. The summed E-state index contributed by atoms with van der Waals surface area (Å²) in [6.07, 6.45) is 1.67. The number of carbonyl (C=O) groups is 1. The van der Waals surface area contributed by atoms with Crippen molar-refractivity contribution in [1.82, 2.24) is 14.9 Å². The standard InChI is InChI=1S/C27H33N5O4S/c1-6-32(5)16-24(20(4)15-28)36-25-14-23(26-18(2)9-7-10-19(26)3)29-27(30-25)31-37(34,35)22-12-8-11-21(13-22)17-33/h7-15,17,24H,6,16,28H2,1-5H3,(H,29,30,31)/b20-15+. The second-order valence-corrected chi connectivity index (χ2v) is 10.5. The van der Waals surface area contributed by atoms with Gasteiger partial charge < -0.3 is 15.4 Å². The molecule has 1 aromatic heterocycles. The Bertz CT molecular complexity index is 1390. The van der Waals surface area contributed by atoms with E-state index in [2.05, 4.69) is 19.6 Å². The Kier molecular flexibility index (Phi) is 9.01. The van der Waals surface area contributed by atoms with E-state index in [0.717, 1.165) is 28.8 Å². The van der Waals surface area contributed by atoms with Crippen molar-refractivity contribution in [3.8, 4) is 17.1 Å². The van der Waals surface area contributed by atoms with Crippen molar-refractivity contribution in [1.29, 1.82) is 0 Å². The number of nitrogens with two attached hydrogens (primary N) is 1. The molecule has 3 aromatic rings. The first-order valence-corrected chi connectivity index (χ1v) is 13.3. The molecule has 10 heteroatoms. The third-order valence-corrected chi connectivity index (χ3v) is 7.35. The van der Waals surface area contributed by atoms with Crippen LogP contribution in [0.15, 0.2) is 65.2 Å². The molecule has 9 nitrogen and oxygen atoms in total. The van der Waals surface area contributed by atoms with Gasteiger partial charge in [-0.2, -0.15) is 4.98 Å². The molecule has 3 N–H and O–H groups in total. The van der Waals surface area contributed by atoms with E-state index >= 15 is 0 Å². The fourth-order valence-corrected chi connectivity index (χ4v) is 4.75. The normalized spacial score (nSPS) is 12.9. The number of hydrogen-bond acceptors (Lipinski definition) is 8. The van der Waals surface area contributed by atoms with E-state index in [0.29, 0.717) is 18.5 Å². The molecule has 0 bridgehead atoms. The van der Waals surface area contributed by atoms with Crippen LogP contribution in [0.3, 0.4) is 0 Å². The van der Waals surface area contributed by atoms with Crippen LogP contribution >= 0.6 is 0 Å². The molecule has 1 heterocycles. The fraction of sp³-hybridized carbons (Fsp3) is 0.296. The van der Waals surface area contributed by atoms with Crippen molar-refractivity contribution in [2.45, 2.75) is 38.7 Å². The number of likely N-dealkylation sites (N-methyl/N-ethyl adjacent to an activating group) is 1. The largest absolute Gasteiger partial charge is 0.468 e. The highest BCUT2D eigenvalue weighted by molar-refractivity contribution is 7.92. The Labute approximate surface area is 218 Å². The summed E-state index contributed by atoms with van der Waals surface area (Å²) in [5, 5.41) is 0. The number of rotatable bonds is 11. The lowest BCUT2D eigenvalue weighted by Gasteiger charge is -2.24. The zero-order valence-electron chi connectivity index (χ0n) is 21.7. The van der Waals surface area contributed by atoms with Gasteiger partial charge in [-0.25, -0.2) is 18.1 Å². The number of aldehydes is 1. The number of nitrogens with one attached hydrogen (secondary N) is 1. The molecular weight excluding hydrogens is 490 g/mol. The van der Waals surface area contributed by atoms with Crippen molar-refractivity contribution in [2.75, 3.05) is 24.9 Å². The van der Waals surface area contributed by atoms with Gasteiger partial charge in [-0.1, -0.05) is 37.3 Å². The summed E-state index contributed by atoms with van der Waals surface area (Å²) < 4.78 is 35.0. The van der Waals surface area contributed by atoms with Crippen LogP contribution in [0.1, 0.15) is 35.3 Å². The Balaban J connectivity index is 2.11. The highest BCUT2D eigenvalue weighted by Gasteiger charge is 2.21. The summed E-state index contributed by atoms with van der Waals surface area (Å²) in [7, 11) is -2.12. The number of aryl methyl sites for hydroxylation is 2. The van der Waals surface area contributed by atoms with Gasteiger partial charge in [0, 0.05) is 23.7 Å². The van der Waals surface area contributed by atoms with Gasteiger partial charge >= 0.3 is 0 Å². The molecule has 0 saturated carbocycles. The molecule has 0 amide bonds. The van der Waals surface area contributed by atoms with Crippen LogP contribution in [0.25, 0.3) is 11.3 Å². The molecule has 1 unspecified atom stereocenters. The summed E-state index contributed by atoms with van der Waals surface area (Å²) in [6.45, 7) is 9.18. The summed E-state index contributed by atoms with van der Waals surface area (Å²) in [5.74, 6) is 0.0475. The number of nitrogens with zero attached hydrogens (tertiary/aromatic N) is 3. The molecule has 0 aliphatic carbocycles. The van der Waals surface area contributed by atoms with Gasteiger partial charge in [-0.15, -0.1) is 0 Å². The van der Waals surface area contributed by atoms with Gasteiger partial charge in [-0.3, -0.25) is 4.79 Å². The molecule has 0 aliphatic heterocycles. The molecule has 0 spiro atoms. The highest BCUT2D eigenvalue weighted by atomic mass is 32.2. The quantitative estimate of drug-likeness (QED) is 0.362. The topological polar surface area (TPSA) is 128 Å². The smallest absolute Gasteiger partial charge is 0.264 e. The summed E-state index contributed by atoms with van der Waals surface area (Å²) in [6, 6.07) is 13.3. The van der Waals surface area contributed by atoms with Crippen molar-refractivity contribution in [3.63, 3.8) is 0 Å². The van der Waals surface area contributed by atoms with Crippen LogP contribution in [-0.4, -0.2) is 55.8 Å². The lowest BCUT2D eigenvalue weighted by Crippen LogP contribution is -2.34. The minimum atomic E-state index is -4.08. The molecule has 2 aromatic carbocycles. The van der Waals surface area contributed by atoms with E-state index < -0.39 is 16.1 Å². The summed E-state index contributed by atoms with van der Waals surface area (Å²) >= 11 is 0. The number of aromatic nitrogens is 2. The maximum absolute atomic E-state index is 13.1. The molecule has 0 aliphatic rings. The number of sulfonamides is 1. The average Bonchev–Trinajstić information content (AvgIpc) is 2.87. The SMILES string of the molecule is CCN(C)CC(Oc1cc(-c2c(C)cccc2C)nc(NS(=O)(=O)c2cccc(C=O)c2)n1)/C(C)=C/N. The van der Waals surface area contributed by atoms with Crippen molar-refractivity contribution in [2.24, 2.45) is 5.73 Å². The zero-order valence-corrected chi connectivity index (χ0v) is 22.5. The van der Waals surface area contributed by atoms with E-state index in [1.165, 1.54) is 30.5 Å². The van der Waals surface area contributed by atoms with Crippen molar-refractivity contribution < 1.29 is 17.9 Å². The van der Waals surface area contributed by atoms with Gasteiger partial charge in [0.05, 0.1) is 10.6 Å². The van der Waals surface area contributed by atoms with E-state index in [4.69, 9.17) is 10.5 Å². The predicted molar refractivity (Wildman–Crippen MR) is 145 cm³/mol. The third-order valence-electron chi connectivity index (χ3n) is 6.02. The lowest BCUT2D eigenvalue weighted by atomic mass is 10.00. The van der Waals surface area contributed by atoms with E-state index in [-0.39, 0.29) is 22.3 Å². The molecular formula is C27H33N5O4S. The molecule has 196 valence electrons. The highest BCUT2D eigenvalue weighted by Crippen LogP contribution is 2.30.